The number of esters is 2. The van der Waals surface area contributed by atoms with Crippen molar-refractivity contribution in [2.24, 2.45) is 0 Å². The Balaban J connectivity index is 4.74. The SMILES string of the molecule is CCOC(=O)CCC(NC(=O)N(CCCl)CCCl)C(=O)OCC. The quantitative estimate of drug-likeness (QED) is 0.442. The molecule has 2 amide bonds. The molecule has 0 saturated heterocycles. The van der Waals surface area contributed by atoms with Crippen LogP contribution in [0.25, 0.3) is 0 Å². The molecule has 0 aromatic rings. The maximum Gasteiger partial charge on any atom is 0.328 e. The van der Waals surface area contributed by atoms with Crippen LogP contribution in [0.15, 0.2) is 0 Å². The number of nitrogens with one attached hydrogen (secondary N) is 1. The second-order valence-corrected chi connectivity index (χ2v) is 5.22. The van der Waals surface area contributed by atoms with Crippen molar-refractivity contribution >= 4 is 41.2 Å². The lowest BCUT2D eigenvalue weighted by atomic mass is 10.1. The van der Waals surface area contributed by atoms with E-state index in [1.165, 1.54) is 4.90 Å². The van der Waals surface area contributed by atoms with Gasteiger partial charge in [-0.05, 0) is 20.3 Å². The van der Waals surface area contributed by atoms with Crippen molar-refractivity contribution in [3.05, 3.63) is 0 Å². The van der Waals surface area contributed by atoms with Crippen molar-refractivity contribution in [2.75, 3.05) is 38.1 Å². The highest BCUT2D eigenvalue weighted by Gasteiger charge is 2.25. The molecule has 0 fully saturated rings. The largest absolute Gasteiger partial charge is 0.466 e. The van der Waals surface area contributed by atoms with Gasteiger partial charge in [0.2, 0.25) is 0 Å². The van der Waals surface area contributed by atoms with Gasteiger partial charge in [-0.1, -0.05) is 0 Å². The Hall–Kier alpha value is -1.21. The fourth-order valence-corrected chi connectivity index (χ4v) is 2.15. The molecule has 0 spiro atoms. The lowest BCUT2D eigenvalue weighted by molar-refractivity contribution is -0.146. The summed E-state index contributed by atoms with van der Waals surface area (Å²) in [4.78, 5) is 36.9. The van der Waals surface area contributed by atoms with Crippen molar-refractivity contribution < 1.29 is 23.9 Å². The zero-order chi connectivity index (χ0) is 17.7. The summed E-state index contributed by atoms with van der Waals surface area (Å²) >= 11 is 11.3. The monoisotopic (exact) mass is 370 g/mol. The molecule has 0 heterocycles. The molecule has 0 radical (unpaired) electrons. The second-order valence-electron chi connectivity index (χ2n) is 4.46. The van der Waals surface area contributed by atoms with Crippen LogP contribution in [-0.4, -0.2) is 67.0 Å². The second kappa shape index (κ2) is 13.2. The number of carbonyl (C=O) groups excluding carboxylic acids is 3. The molecule has 23 heavy (non-hydrogen) atoms. The van der Waals surface area contributed by atoms with Gasteiger partial charge in [-0.25, -0.2) is 9.59 Å². The van der Waals surface area contributed by atoms with Crippen LogP contribution in [-0.2, 0) is 19.1 Å². The number of halogens is 2. The minimum absolute atomic E-state index is 0.00259. The Kier molecular flexibility index (Phi) is 12.6. The number of ether oxygens (including phenoxy) is 2. The third-order valence-electron chi connectivity index (χ3n) is 2.81. The molecular formula is C14H24Cl2N2O5. The van der Waals surface area contributed by atoms with Crippen molar-refractivity contribution in [1.29, 1.82) is 0 Å². The normalized spacial score (nSPS) is 11.5. The molecule has 0 aromatic heterocycles. The lowest BCUT2D eigenvalue weighted by Gasteiger charge is -2.24. The Labute approximate surface area is 146 Å². The first-order chi connectivity index (χ1) is 11.0. The smallest absolute Gasteiger partial charge is 0.328 e. The summed E-state index contributed by atoms with van der Waals surface area (Å²) in [6, 6.07) is -1.41. The van der Waals surface area contributed by atoms with Gasteiger partial charge in [0.15, 0.2) is 0 Å². The molecule has 0 rings (SSSR count). The number of amides is 2. The molecule has 1 atom stereocenters. The fraction of sp³-hybridized carbons (Fsp3) is 0.786. The Morgan fingerprint density at radius 3 is 2.09 bits per heavy atom. The van der Waals surface area contributed by atoms with Crippen molar-refractivity contribution in [2.45, 2.75) is 32.7 Å². The van der Waals surface area contributed by atoms with Crippen LogP contribution < -0.4 is 5.32 Å². The van der Waals surface area contributed by atoms with Gasteiger partial charge < -0.3 is 19.7 Å². The van der Waals surface area contributed by atoms with Crippen LogP contribution in [0, 0.1) is 0 Å². The third-order valence-corrected chi connectivity index (χ3v) is 3.15. The summed E-state index contributed by atoms with van der Waals surface area (Å²) in [7, 11) is 0. The van der Waals surface area contributed by atoms with Gasteiger partial charge in [0.25, 0.3) is 0 Å². The first-order valence-electron chi connectivity index (χ1n) is 7.49. The maximum absolute atomic E-state index is 12.2. The first kappa shape index (κ1) is 21.8. The van der Waals surface area contributed by atoms with E-state index in [9.17, 15) is 14.4 Å². The van der Waals surface area contributed by atoms with Gasteiger partial charge in [0.05, 0.1) is 13.2 Å². The highest BCUT2D eigenvalue weighted by atomic mass is 35.5. The Morgan fingerprint density at radius 1 is 1.04 bits per heavy atom. The number of carbonyl (C=O) groups is 3. The van der Waals surface area contributed by atoms with Gasteiger partial charge in [-0.3, -0.25) is 4.79 Å². The highest BCUT2D eigenvalue weighted by molar-refractivity contribution is 6.18. The summed E-state index contributed by atoms with van der Waals surface area (Å²) in [6.45, 7) is 4.39. The Morgan fingerprint density at radius 2 is 1.61 bits per heavy atom. The van der Waals surface area contributed by atoms with E-state index in [4.69, 9.17) is 32.7 Å². The van der Waals surface area contributed by atoms with Gasteiger partial charge in [0, 0.05) is 31.3 Å². The molecular weight excluding hydrogens is 347 g/mol. The van der Waals surface area contributed by atoms with E-state index in [0.29, 0.717) is 13.1 Å². The van der Waals surface area contributed by atoms with E-state index in [1.807, 2.05) is 0 Å². The average molecular weight is 371 g/mol. The van der Waals surface area contributed by atoms with Gasteiger partial charge >= 0.3 is 18.0 Å². The third kappa shape index (κ3) is 9.50. The number of urea groups is 1. The van der Waals surface area contributed by atoms with E-state index in [1.54, 1.807) is 13.8 Å². The van der Waals surface area contributed by atoms with Crippen LogP contribution in [0.4, 0.5) is 4.79 Å². The molecule has 0 bridgehead atoms. The predicted octanol–water partition coefficient (Wildman–Crippen LogP) is 1.75. The van der Waals surface area contributed by atoms with Crippen molar-refractivity contribution in [3.8, 4) is 0 Å². The number of alkyl halides is 2. The van der Waals surface area contributed by atoms with E-state index < -0.39 is 24.0 Å². The van der Waals surface area contributed by atoms with Gasteiger partial charge in [-0.2, -0.15) is 0 Å². The minimum Gasteiger partial charge on any atom is -0.466 e. The van der Waals surface area contributed by atoms with Crippen LogP contribution in [0.3, 0.4) is 0 Å². The van der Waals surface area contributed by atoms with Gasteiger partial charge in [0.1, 0.15) is 6.04 Å². The molecule has 7 nitrogen and oxygen atoms in total. The topological polar surface area (TPSA) is 84.9 Å². The van der Waals surface area contributed by atoms with Crippen LogP contribution in [0.1, 0.15) is 26.7 Å². The maximum atomic E-state index is 12.2. The number of hydrogen-bond acceptors (Lipinski definition) is 5. The number of hydrogen-bond donors (Lipinski definition) is 1. The number of nitrogens with zero attached hydrogens (tertiary/aromatic N) is 1. The summed E-state index contributed by atoms with van der Waals surface area (Å²) < 4.78 is 9.73. The van der Waals surface area contributed by atoms with Crippen LogP contribution >= 0.6 is 23.2 Å². The summed E-state index contributed by atoms with van der Waals surface area (Å²) in [5.74, 6) is -0.537. The lowest BCUT2D eigenvalue weighted by Crippen LogP contribution is -2.49. The summed E-state index contributed by atoms with van der Waals surface area (Å²) in [5.41, 5.74) is 0. The van der Waals surface area contributed by atoms with Crippen molar-refractivity contribution in [1.82, 2.24) is 10.2 Å². The van der Waals surface area contributed by atoms with E-state index in [0.717, 1.165) is 0 Å². The van der Waals surface area contributed by atoms with Gasteiger partial charge in [-0.15, -0.1) is 23.2 Å². The summed E-state index contributed by atoms with van der Waals surface area (Å²) in [5, 5.41) is 2.56. The zero-order valence-corrected chi connectivity index (χ0v) is 15.0. The molecule has 9 heteroatoms. The molecule has 0 saturated carbocycles. The van der Waals surface area contributed by atoms with Crippen molar-refractivity contribution in [3.63, 3.8) is 0 Å². The molecule has 0 aliphatic heterocycles. The molecule has 0 aliphatic rings. The van der Waals surface area contributed by atoms with Crippen LogP contribution in [0.5, 0.6) is 0 Å². The molecule has 0 aliphatic carbocycles. The molecule has 1 unspecified atom stereocenters. The Bertz CT molecular complexity index is 376. The highest BCUT2D eigenvalue weighted by Crippen LogP contribution is 2.04. The standard InChI is InChI=1S/C14H24Cl2N2O5/c1-3-22-12(19)6-5-11(13(20)23-4-2)17-14(21)18(9-7-15)10-8-16/h11H,3-10H2,1-2H3,(H,17,21). The number of rotatable bonds is 11. The first-order valence-corrected chi connectivity index (χ1v) is 8.56. The van der Waals surface area contributed by atoms with E-state index in [2.05, 4.69) is 5.32 Å². The van der Waals surface area contributed by atoms with E-state index in [-0.39, 0.29) is 37.8 Å². The average Bonchev–Trinajstić information content (AvgIpc) is 2.51. The predicted molar refractivity (Wildman–Crippen MR) is 87.8 cm³/mol. The molecule has 0 aromatic carbocycles. The summed E-state index contributed by atoms with van der Waals surface area (Å²) in [6.07, 6.45) is 0.0988. The minimum atomic E-state index is -0.931. The zero-order valence-electron chi connectivity index (χ0n) is 13.5. The fourth-order valence-electron chi connectivity index (χ4n) is 1.75. The van der Waals surface area contributed by atoms with E-state index >= 15 is 0 Å². The van der Waals surface area contributed by atoms with Crippen LogP contribution in [0.2, 0.25) is 0 Å². The molecule has 1 N–H and O–H groups in total. The molecule has 134 valence electrons.